The van der Waals surface area contributed by atoms with E-state index in [1.807, 2.05) is 32.8 Å². The second-order valence-corrected chi connectivity index (χ2v) is 8.15. The summed E-state index contributed by atoms with van der Waals surface area (Å²) >= 11 is 0. The summed E-state index contributed by atoms with van der Waals surface area (Å²) in [6.45, 7) is 7.29. The summed E-state index contributed by atoms with van der Waals surface area (Å²) in [6.07, 6.45) is 3.01. The highest BCUT2D eigenvalue weighted by molar-refractivity contribution is 7.89. The van der Waals surface area contributed by atoms with E-state index in [-0.39, 0.29) is 6.04 Å². The number of likely N-dealkylation sites (N-methyl/N-ethyl adjacent to an activating group) is 2. The predicted octanol–water partition coefficient (Wildman–Crippen LogP) is 0.978. The molecule has 1 atom stereocenters. The number of piperidine rings is 1. The molecule has 1 N–H and O–H groups in total. The zero-order valence-electron chi connectivity index (χ0n) is 13.4. The third kappa shape index (κ3) is 5.68. The standard InChI is InChI=1S/C14H31N3O2S/c1-5-17(13(2)12-16(3)4)20(18,19)11-8-14-6-9-15-10-7-14/h13-15H,5-12H2,1-4H3. The van der Waals surface area contributed by atoms with Crippen molar-refractivity contribution in [3.63, 3.8) is 0 Å². The molecule has 0 aromatic carbocycles. The summed E-state index contributed by atoms with van der Waals surface area (Å²) in [7, 11) is 0.826. The minimum absolute atomic E-state index is 0.0352. The van der Waals surface area contributed by atoms with Crippen LogP contribution in [-0.4, -0.2) is 69.7 Å². The van der Waals surface area contributed by atoms with Crippen molar-refractivity contribution in [3.8, 4) is 0 Å². The van der Waals surface area contributed by atoms with Crippen LogP contribution >= 0.6 is 0 Å². The second-order valence-electron chi connectivity index (χ2n) is 6.11. The quantitative estimate of drug-likeness (QED) is 0.726. The second kappa shape index (κ2) is 8.32. The summed E-state index contributed by atoms with van der Waals surface area (Å²) < 4.78 is 26.7. The first kappa shape index (κ1) is 17.9. The van der Waals surface area contributed by atoms with E-state index in [2.05, 4.69) is 5.32 Å². The first-order valence-corrected chi connectivity index (χ1v) is 9.32. The average Bonchev–Trinajstić information content (AvgIpc) is 2.37. The maximum Gasteiger partial charge on any atom is 0.214 e. The Hall–Kier alpha value is -0.170. The van der Waals surface area contributed by atoms with Crippen LogP contribution in [0.2, 0.25) is 0 Å². The molecular weight excluding hydrogens is 274 g/mol. The van der Waals surface area contributed by atoms with Gasteiger partial charge in [-0.3, -0.25) is 0 Å². The Kier molecular flexibility index (Phi) is 7.43. The van der Waals surface area contributed by atoms with Crippen LogP contribution in [0.25, 0.3) is 0 Å². The van der Waals surface area contributed by atoms with Crippen molar-refractivity contribution in [2.24, 2.45) is 5.92 Å². The minimum atomic E-state index is -3.13. The molecule has 1 heterocycles. The largest absolute Gasteiger partial charge is 0.317 e. The highest BCUT2D eigenvalue weighted by atomic mass is 32.2. The van der Waals surface area contributed by atoms with Gasteiger partial charge in [0.05, 0.1) is 5.75 Å². The van der Waals surface area contributed by atoms with Gasteiger partial charge in [-0.15, -0.1) is 0 Å². The molecule has 0 aliphatic carbocycles. The van der Waals surface area contributed by atoms with Crippen LogP contribution in [0.5, 0.6) is 0 Å². The number of hydrogen-bond donors (Lipinski definition) is 1. The van der Waals surface area contributed by atoms with Crippen molar-refractivity contribution in [2.75, 3.05) is 46.0 Å². The first-order valence-electron chi connectivity index (χ1n) is 7.71. The number of nitrogens with zero attached hydrogens (tertiary/aromatic N) is 2. The fourth-order valence-corrected chi connectivity index (χ4v) is 4.88. The summed E-state index contributed by atoms with van der Waals surface area (Å²) in [5, 5.41) is 3.32. The zero-order chi connectivity index (χ0) is 15.2. The highest BCUT2D eigenvalue weighted by Crippen LogP contribution is 2.19. The van der Waals surface area contributed by atoms with Gasteiger partial charge in [0, 0.05) is 19.1 Å². The van der Waals surface area contributed by atoms with Crippen LogP contribution in [-0.2, 0) is 10.0 Å². The molecule has 1 rings (SSSR count). The van der Waals surface area contributed by atoms with Crippen LogP contribution in [0.4, 0.5) is 0 Å². The maximum atomic E-state index is 12.5. The normalized spacial score (nSPS) is 19.7. The van der Waals surface area contributed by atoms with E-state index in [1.54, 1.807) is 4.31 Å². The number of hydrogen-bond acceptors (Lipinski definition) is 4. The lowest BCUT2D eigenvalue weighted by Crippen LogP contribution is -2.45. The summed E-state index contributed by atoms with van der Waals surface area (Å²) in [4.78, 5) is 2.04. The summed E-state index contributed by atoms with van der Waals surface area (Å²) in [5.41, 5.74) is 0. The highest BCUT2D eigenvalue weighted by Gasteiger charge is 2.27. The lowest BCUT2D eigenvalue weighted by atomic mass is 9.96. The molecule has 20 heavy (non-hydrogen) atoms. The van der Waals surface area contributed by atoms with Gasteiger partial charge in [0.25, 0.3) is 0 Å². The molecule has 1 aliphatic rings. The molecule has 0 radical (unpaired) electrons. The third-order valence-corrected chi connectivity index (χ3v) is 6.12. The van der Waals surface area contributed by atoms with Gasteiger partial charge < -0.3 is 10.2 Å². The van der Waals surface area contributed by atoms with E-state index in [0.29, 0.717) is 18.2 Å². The van der Waals surface area contributed by atoms with E-state index in [0.717, 1.165) is 38.9 Å². The maximum absolute atomic E-state index is 12.5. The molecule has 120 valence electrons. The fourth-order valence-electron chi connectivity index (χ4n) is 3.01. The van der Waals surface area contributed by atoms with Crippen LogP contribution in [0.3, 0.4) is 0 Å². The van der Waals surface area contributed by atoms with Crippen molar-refractivity contribution >= 4 is 10.0 Å². The molecule has 0 aromatic heterocycles. The molecule has 1 aliphatic heterocycles. The van der Waals surface area contributed by atoms with Crippen LogP contribution in [0.1, 0.15) is 33.1 Å². The van der Waals surface area contributed by atoms with E-state index in [9.17, 15) is 8.42 Å². The molecule has 5 nitrogen and oxygen atoms in total. The predicted molar refractivity (Wildman–Crippen MR) is 84.4 cm³/mol. The van der Waals surface area contributed by atoms with Crippen molar-refractivity contribution < 1.29 is 8.42 Å². The molecule has 6 heteroatoms. The molecule has 1 saturated heterocycles. The lowest BCUT2D eigenvalue weighted by Gasteiger charge is -2.30. The Labute approximate surface area is 124 Å². The van der Waals surface area contributed by atoms with Gasteiger partial charge in [-0.1, -0.05) is 6.92 Å². The van der Waals surface area contributed by atoms with E-state index in [1.165, 1.54) is 0 Å². The lowest BCUT2D eigenvalue weighted by molar-refractivity contribution is 0.270. The van der Waals surface area contributed by atoms with Gasteiger partial charge in [-0.2, -0.15) is 4.31 Å². The van der Waals surface area contributed by atoms with Crippen molar-refractivity contribution in [3.05, 3.63) is 0 Å². The molecule has 0 spiro atoms. The van der Waals surface area contributed by atoms with Gasteiger partial charge in [-0.05, 0) is 59.3 Å². The van der Waals surface area contributed by atoms with Crippen LogP contribution in [0.15, 0.2) is 0 Å². The van der Waals surface area contributed by atoms with Gasteiger partial charge >= 0.3 is 0 Å². The molecule has 0 amide bonds. The van der Waals surface area contributed by atoms with E-state index >= 15 is 0 Å². The molecular formula is C14H31N3O2S. The molecule has 0 aromatic rings. The van der Waals surface area contributed by atoms with Gasteiger partial charge in [0.15, 0.2) is 0 Å². The molecule has 0 bridgehead atoms. The topological polar surface area (TPSA) is 52.7 Å². The first-order chi connectivity index (χ1) is 9.36. The Bertz CT molecular complexity index is 365. The smallest absolute Gasteiger partial charge is 0.214 e. The Morgan fingerprint density at radius 2 is 1.85 bits per heavy atom. The van der Waals surface area contributed by atoms with E-state index in [4.69, 9.17) is 0 Å². The fraction of sp³-hybridized carbons (Fsp3) is 1.00. The SMILES string of the molecule is CCN(C(C)CN(C)C)S(=O)(=O)CCC1CCNCC1. The van der Waals surface area contributed by atoms with Gasteiger partial charge in [0.1, 0.15) is 0 Å². The van der Waals surface area contributed by atoms with E-state index < -0.39 is 10.0 Å². The minimum Gasteiger partial charge on any atom is -0.317 e. The Morgan fingerprint density at radius 1 is 1.25 bits per heavy atom. The Balaban J connectivity index is 2.54. The summed E-state index contributed by atoms with van der Waals surface area (Å²) in [5.74, 6) is 0.859. The number of sulfonamides is 1. The Morgan fingerprint density at radius 3 is 2.35 bits per heavy atom. The van der Waals surface area contributed by atoms with Crippen molar-refractivity contribution in [1.82, 2.24) is 14.5 Å². The van der Waals surface area contributed by atoms with Crippen molar-refractivity contribution in [2.45, 2.75) is 39.2 Å². The summed E-state index contributed by atoms with van der Waals surface area (Å²) in [6, 6.07) is 0.0352. The number of nitrogens with one attached hydrogen (secondary N) is 1. The van der Waals surface area contributed by atoms with Gasteiger partial charge in [-0.25, -0.2) is 8.42 Å². The van der Waals surface area contributed by atoms with Gasteiger partial charge in [0.2, 0.25) is 10.0 Å². The zero-order valence-corrected chi connectivity index (χ0v) is 14.2. The van der Waals surface area contributed by atoms with Crippen LogP contribution in [0, 0.1) is 5.92 Å². The van der Waals surface area contributed by atoms with Crippen molar-refractivity contribution in [1.29, 1.82) is 0 Å². The number of rotatable bonds is 8. The third-order valence-electron chi connectivity index (χ3n) is 4.03. The molecule has 0 saturated carbocycles. The molecule has 1 unspecified atom stereocenters. The average molecular weight is 305 g/mol. The van der Waals surface area contributed by atoms with Crippen LogP contribution < -0.4 is 5.32 Å². The monoisotopic (exact) mass is 305 g/mol. The molecule has 1 fully saturated rings.